The van der Waals surface area contributed by atoms with Crippen molar-refractivity contribution in [3.8, 4) is 11.3 Å². The quantitative estimate of drug-likeness (QED) is 0.141. The smallest absolute Gasteiger partial charge is 0.407 e. The maximum atomic E-state index is 12.9. The Morgan fingerprint density at radius 1 is 1.10 bits per heavy atom. The van der Waals surface area contributed by atoms with Gasteiger partial charge in [-0.1, -0.05) is 6.92 Å². The third-order valence-corrected chi connectivity index (χ3v) is 6.67. The van der Waals surface area contributed by atoms with Gasteiger partial charge >= 0.3 is 6.09 Å². The van der Waals surface area contributed by atoms with Crippen molar-refractivity contribution in [3.05, 3.63) is 54.1 Å². The number of nitrogens with zero attached hydrogens (tertiary/aromatic N) is 4. The summed E-state index contributed by atoms with van der Waals surface area (Å²) < 4.78 is 12.6. The van der Waals surface area contributed by atoms with Crippen LogP contribution >= 0.6 is 11.8 Å². The molecule has 1 aromatic carbocycles. The molecule has 0 unspecified atom stereocenters. The lowest BCUT2D eigenvalue weighted by molar-refractivity contribution is 0.0500. The number of anilines is 2. The van der Waals surface area contributed by atoms with E-state index in [0.29, 0.717) is 49.8 Å². The number of aromatic amines is 1. The van der Waals surface area contributed by atoms with Crippen LogP contribution in [0.3, 0.4) is 0 Å². The van der Waals surface area contributed by atoms with E-state index in [0.717, 1.165) is 27.5 Å². The number of hydrogen-bond donors (Lipinski definition) is 4. The van der Waals surface area contributed by atoms with Crippen molar-refractivity contribution in [2.75, 3.05) is 37.9 Å². The molecule has 0 saturated heterocycles. The van der Waals surface area contributed by atoms with Crippen LogP contribution in [0.25, 0.3) is 16.9 Å². The van der Waals surface area contributed by atoms with Crippen LogP contribution in [0.1, 0.15) is 43.6 Å². The summed E-state index contributed by atoms with van der Waals surface area (Å²) in [4.78, 5) is 33.6. The first kappa shape index (κ1) is 29.9. The molecule has 0 spiro atoms. The van der Waals surface area contributed by atoms with Gasteiger partial charge < -0.3 is 25.4 Å². The number of alkyl carbamates (subject to hydrolysis) is 1. The largest absolute Gasteiger partial charge is 0.444 e. The summed E-state index contributed by atoms with van der Waals surface area (Å²) in [6.45, 7) is 8.72. The minimum Gasteiger partial charge on any atom is -0.444 e. The number of aromatic nitrogens is 5. The number of benzene rings is 1. The molecule has 0 aliphatic rings. The van der Waals surface area contributed by atoms with E-state index >= 15 is 0 Å². The van der Waals surface area contributed by atoms with Crippen LogP contribution < -0.4 is 16.0 Å². The standard InChI is InChI=1S/C28H36N8O4S/c1-6-18-15-19(7-8-20(18)25(37)30-10-13-39-14-11-31-27(38)40-28(2,3)4)34-23-24-32-17-22(36(24)12-9-29-23)21-16-33-35-26(21)41-5/h7-9,12,15-17H,6,10-11,13-14H2,1-5H3,(H,29,34)(H,30,37)(H,31,38)(H,33,35). The first-order valence-corrected chi connectivity index (χ1v) is 14.5. The first-order chi connectivity index (χ1) is 19.7. The third kappa shape index (κ3) is 7.76. The maximum absolute atomic E-state index is 12.9. The Balaban J connectivity index is 1.32. The first-order valence-electron chi connectivity index (χ1n) is 13.3. The fraction of sp³-hybridized carbons (Fsp3) is 0.393. The number of rotatable bonds is 12. The number of carbonyl (C=O) groups excluding carboxylic acids is 2. The molecule has 0 aliphatic carbocycles. The van der Waals surface area contributed by atoms with Crippen LogP contribution in [-0.2, 0) is 15.9 Å². The SMILES string of the molecule is CCc1cc(Nc2nccn3c(-c4cn[nH]c4SC)cnc23)ccc1C(=O)NCCOCCNC(=O)OC(C)(C)C. The molecule has 12 nitrogen and oxygen atoms in total. The molecule has 218 valence electrons. The lowest BCUT2D eigenvalue weighted by Gasteiger charge is -2.19. The van der Waals surface area contributed by atoms with E-state index < -0.39 is 11.7 Å². The molecule has 3 heterocycles. The van der Waals surface area contributed by atoms with Crippen LogP contribution in [0.4, 0.5) is 16.3 Å². The van der Waals surface area contributed by atoms with Gasteiger partial charge in [0, 0.05) is 36.7 Å². The molecular formula is C28H36N8O4S. The molecule has 4 rings (SSSR count). The normalized spacial score (nSPS) is 11.4. The number of imidazole rings is 1. The highest BCUT2D eigenvalue weighted by Crippen LogP contribution is 2.30. The molecule has 3 aromatic heterocycles. The van der Waals surface area contributed by atoms with E-state index in [9.17, 15) is 9.59 Å². The number of ether oxygens (including phenoxy) is 2. The van der Waals surface area contributed by atoms with Gasteiger partial charge in [-0.2, -0.15) is 5.10 Å². The highest BCUT2D eigenvalue weighted by molar-refractivity contribution is 7.98. The van der Waals surface area contributed by atoms with Gasteiger partial charge in [0.15, 0.2) is 11.5 Å². The number of hydrogen-bond acceptors (Lipinski definition) is 9. The number of amides is 2. The zero-order valence-electron chi connectivity index (χ0n) is 23.9. The average molecular weight is 581 g/mol. The monoisotopic (exact) mass is 580 g/mol. The molecule has 0 radical (unpaired) electrons. The summed E-state index contributed by atoms with van der Waals surface area (Å²) in [6.07, 6.45) is 9.36. The Morgan fingerprint density at radius 3 is 2.61 bits per heavy atom. The molecular weight excluding hydrogens is 544 g/mol. The molecule has 0 aliphatic heterocycles. The molecule has 0 bridgehead atoms. The Hall–Kier alpha value is -4.10. The van der Waals surface area contributed by atoms with Crippen molar-refractivity contribution in [3.63, 3.8) is 0 Å². The Labute approximate surface area is 243 Å². The Bertz CT molecular complexity index is 1490. The van der Waals surface area contributed by atoms with Crippen LogP contribution in [0.15, 0.2) is 48.0 Å². The van der Waals surface area contributed by atoms with E-state index in [2.05, 4.69) is 36.1 Å². The topological polar surface area (TPSA) is 148 Å². The second-order valence-corrected chi connectivity index (χ2v) is 10.9. The molecule has 4 aromatic rings. The van der Waals surface area contributed by atoms with Gasteiger partial charge in [-0.05, 0) is 57.2 Å². The van der Waals surface area contributed by atoms with E-state index in [1.54, 1.807) is 57.2 Å². The van der Waals surface area contributed by atoms with Crippen molar-refractivity contribution >= 4 is 40.9 Å². The second-order valence-electron chi connectivity index (χ2n) is 10.1. The number of fused-ring (bicyclic) bond motifs is 1. The molecule has 41 heavy (non-hydrogen) atoms. The summed E-state index contributed by atoms with van der Waals surface area (Å²) in [7, 11) is 0. The summed E-state index contributed by atoms with van der Waals surface area (Å²) >= 11 is 1.59. The molecule has 0 saturated carbocycles. The van der Waals surface area contributed by atoms with E-state index in [-0.39, 0.29) is 5.91 Å². The number of thioether (sulfide) groups is 1. The van der Waals surface area contributed by atoms with Gasteiger partial charge in [-0.15, -0.1) is 11.8 Å². The van der Waals surface area contributed by atoms with Crippen LogP contribution in [-0.4, -0.2) is 74.7 Å². The highest BCUT2D eigenvalue weighted by Gasteiger charge is 2.17. The molecule has 4 N–H and O–H groups in total. The van der Waals surface area contributed by atoms with Gasteiger partial charge in [0.25, 0.3) is 5.91 Å². The lowest BCUT2D eigenvalue weighted by atomic mass is 10.0. The summed E-state index contributed by atoms with van der Waals surface area (Å²) in [5, 5.41) is 17.0. The van der Waals surface area contributed by atoms with Crippen molar-refractivity contribution in [1.29, 1.82) is 0 Å². The van der Waals surface area contributed by atoms with Gasteiger partial charge in [-0.3, -0.25) is 14.3 Å². The van der Waals surface area contributed by atoms with Crippen molar-refractivity contribution in [2.24, 2.45) is 0 Å². The van der Waals surface area contributed by atoms with Gasteiger partial charge in [0.05, 0.1) is 41.9 Å². The summed E-state index contributed by atoms with van der Waals surface area (Å²) in [5.41, 5.74) is 4.31. The Morgan fingerprint density at radius 2 is 1.88 bits per heavy atom. The maximum Gasteiger partial charge on any atom is 0.407 e. The predicted molar refractivity (Wildman–Crippen MR) is 159 cm³/mol. The van der Waals surface area contributed by atoms with E-state index in [4.69, 9.17) is 9.47 Å². The van der Waals surface area contributed by atoms with Crippen LogP contribution in [0.2, 0.25) is 0 Å². The van der Waals surface area contributed by atoms with Crippen LogP contribution in [0, 0.1) is 0 Å². The summed E-state index contributed by atoms with van der Waals surface area (Å²) in [6, 6.07) is 5.60. The second kappa shape index (κ2) is 13.5. The Kier molecular flexibility index (Phi) is 9.84. The van der Waals surface area contributed by atoms with Crippen molar-refractivity contribution in [1.82, 2.24) is 35.2 Å². The van der Waals surface area contributed by atoms with Crippen molar-refractivity contribution < 1.29 is 19.1 Å². The summed E-state index contributed by atoms with van der Waals surface area (Å²) in [5.74, 6) is 0.428. The molecule has 2 amide bonds. The third-order valence-electron chi connectivity index (χ3n) is 5.95. The molecule has 0 atom stereocenters. The predicted octanol–water partition coefficient (Wildman–Crippen LogP) is 4.42. The zero-order chi connectivity index (χ0) is 29.4. The highest BCUT2D eigenvalue weighted by atomic mass is 32.2. The number of H-pyrrole nitrogens is 1. The molecule has 13 heteroatoms. The minimum absolute atomic E-state index is 0.174. The zero-order valence-corrected chi connectivity index (χ0v) is 24.7. The number of carbonyl (C=O) groups is 2. The average Bonchev–Trinajstić information content (AvgIpc) is 3.58. The lowest BCUT2D eigenvalue weighted by Crippen LogP contribution is -2.34. The number of aryl methyl sites for hydroxylation is 1. The fourth-order valence-corrected chi connectivity index (χ4v) is 4.64. The number of nitrogens with one attached hydrogen (secondary N) is 4. The van der Waals surface area contributed by atoms with E-state index in [1.165, 1.54) is 0 Å². The van der Waals surface area contributed by atoms with E-state index in [1.807, 2.05) is 35.9 Å². The van der Waals surface area contributed by atoms with Crippen molar-refractivity contribution in [2.45, 2.75) is 44.7 Å². The molecule has 0 fully saturated rings. The van der Waals surface area contributed by atoms with Gasteiger partial charge in [-0.25, -0.2) is 14.8 Å². The van der Waals surface area contributed by atoms with Gasteiger partial charge in [0.2, 0.25) is 0 Å². The minimum atomic E-state index is -0.547. The van der Waals surface area contributed by atoms with Gasteiger partial charge in [0.1, 0.15) is 5.60 Å². The van der Waals surface area contributed by atoms with Crippen LogP contribution in [0.5, 0.6) is 0 Å². The fourth-order valence-electron chi connectivity index (χ4n) is 4.11.